The van der Waals surface area contributed by atoms with Crippen LogP contribution in [0, 0.1) is 0 Å². The van der Waals surface area contributed by atoms with E-state index in [2.05, 4.69) is 5.32 Å². The molecule has 1 fully saturated rings. The highest BCUT2D eigenvalue weighted by Crippen LogP contribution is 2.16. The van der Waals surface area contributed by atoms with Crippen molar-refractivity contribution in [2.45, 2.75) is 52.0 Å². The predicted molar refractivity (Wildman–Crippen MR) is 119 cm³/mol. The Kier molecular flexibility index (Phi) is 8.99. The van der Waals surface area contributed by atoms with Crippen molar-refractivity contribution in [2.24, 2.45) is 0 Å². The average molecular weight is 478 g/mol. The van der Waals surface area contributed by atoms with E-state index in [9.17, 15) is 24.0 Å². The van der Waals surface area contributed by atoms with Crippen LogP contribution in [0.3, 0.4) is 0 Å². The summed E-state index contributed by atoms with van der Waals surface area (Å²) in [5.74, 6) is -3.03. The van der Waals surface area contributed by atoms with Crippen LogP contribution in [-0.4, -0.2) is 84.1 Å². The molecule has 0 radical (unpaired) electrons. The molecule has 1 heterocycles. The number of ether oxygens (including phenoxy) is 3. The van der Waals surface area contributed by atoms with Gasteiger partial charge in [-0.1, -0.05) is 30.3 Å². The van der Waals surface area contributed by atoms with Crippen molar-refractivity contribution in [3.8, 4) is 0 Å². The fourth-order valence-corrected chi connectivity index (χ4v) is 3.29. The Bertz CT molecular complexity index is 913. The Hall–Kier alpha value is -3.63. The fraction of sp³-hybridized carbons (Fsp3) is 0.522. The molecule has 34 heavy (non-hydrogen) atoms. The zero-order valence-electron chi connectivity index (χ0n) is 20.0. The van der Waals surface area contributed by atoms with Crippen molar-refractivity contribution in [3.63, 3.8) is 0 Å². The second kappa shape index (κ2) is 11.5. The summed E-state index contributed by atoms with van der Waals surface area (Å²) in [6, 6.07) is 6.33. The number of amides is 3. The van der Waals surface area contributed by atoms with E-state index in [0.29, 0.717) is 0 Å². The molecule has 1 aromatic rings. The molecular weight excluding hydrogens is 446 g/mol. The molecule has 1 saturated heterocycles. The summed E-state index contributed by atoms with van der Waals surface area (Å²) in [5.41, 5.74) is 0.0321. The second-order valence-corrected chi connectivity index (χ2v) is 8.73. The van der Waals surface area contributed by atoms with Crippen molar-refractivity contribution in [1.29, 1.82) is 0 Å². The molecule has 11 nitrogen and oxygen atoms in total. The van der Waals surface area contributed by atoms with Crippen molar-refractivity contribution < 1.29 is 38.2 Å². The molecule has 1 aliphatic rings. The van der Waals surface area contributed by atoms with Crippen LogP contribution in [-0.2, 0) is 40.0 Å². The van der Waals surface area contributed by atoms with Gasteiger partial charge in [-0.05, 0) is 33.3 Å². The van der Waals surface area contributed by atoms with Crippen LogP contribution in [0.4, 0.5) is 4.79 Å². The number of carbonyl (C=O) groups excluding carboxylic acids is 5. The van der Waals surface area contributed by atoms with Gasteiger partial charge in [-0.15, -0.1) is 0 Å². The van der Waals surface area contributed by atoms with Gasteiger partial charge >= 0.3 is 18.0 Å². The van der Waals surface area contributed by atoms with Crippen LogP contribution < -0.4 is 5.32 Å². The third-order valence-electron chi connectivity index (χ3n) is 4.83. The average Bonchev–Trinajstić information content (AvgIpc) is 2.77. The van der Waals surface area contributed by atoms with E-state index in [-0.39, 0.29) is 26.2 Å². The molecule has 0 aliphatic carbocycles. The third kappa shape index (κ3) is 7.46. The molecule has 2 rings (SSSR count). The quantitative estimate of drug-likeness (QED) is 0.347. The van der Waals surface area contributed by atoms with Gasteiger partial charge in [0, 0.05) is 13.1 Å². The van der Waals surface area contributed by atoms with Crippen LogP contribution in [0.5, 0.6) is 0 Å². The molecule has 1 N–H and O–H groups in total. The molecule has 11 heteroatoms. The minimum Gasteiger partial charge on any atom is -0.467 e. The second-order valence-electron chi connectivity index (χ2n) is 8.73. The number of hydrogen-bond acceptors (Lipinski definition) is 8. The molecule has 3 amide bonds. The number of hydrogen-bond donors (Lipinski definition) is 1. The van der Waals surface area contributed by atoms with E-state index < -0.39 is 47.5 Å². The monoisotopic (exact) mass is 477 g/mol. The first kappa shape index (κ1) is 26.6. The lowest BCUT2D eigenvalue weighted by Gasteiger charge is -2.39. The van der Waals surface area contributed by atoms with Crippen molar-refractivity contribution >= 4 is 29.8 Å². The summed E-state index contributed by atoms with van der Waals surface area (Å²) < 4.78 is 15.1. The van der Waals surface area contributed by atoms with Gasteiger partial charge < -0.3 is 29.3 Å². The number of methoxy groups -OCH3 is 1. The van der Waals surface area contributed by atoms with Crippen molar-refractivity contribution in [2.75, 3.05) is 26.7 Å². The van der Waals surface area contributed by atoms with E-state index in [1.54, 1.807) is 45.0 Å². The van der Waals surface area contributed by atoms with Crippen LogP contribution in [0.25, 0.3) is 0 Å². The molecule has 0 saturated carbocycles. The number of nitrogens with one attached hydrogen (secondary N) is 1. The van der Waals surface area contributed by atoms with Gasteiger partial charge in [-0.25, -0.2) is 9.59 Å². The Morgan fingerprint density at radius 2 is 1.76 bits per heavy atom. The number of rotatable bonds is 7. The van der Waals surface area contributed by atoms with E-state index >= 15 is 0 Å². The lowest BCUT2D eigenvalue weighted by atomic mass is 10.1. The van der Waals surface area contributed by atoms with Gasteiger partial charge in [-0.3, -0.25) is 14.4 Å². The van der Waals surface area contributed by atoms with Crippen LogP contribution in [0.15, 0.2) is 30.3 Å². The molecule has 0 unspecified atom stereocenters. The van der Waals surface area contributed by atoms with Crippen LogP contribution >= 0.6 is 0 Å². The van der Waals surface area contributed by atoms with Crippen LogP contribution in [0.2, 0.25) is 0 Å². The smallest absolute Gasteiger partial charge is 0.408 e. The van der Waals surface area contributed by atoms with Crippen LogP contribution in [0.1, 0.15) is 33.3 Å². The normalized spacial score (nSPS) is 17.0. The molecule has 0 aromatic heterocycles. The highest BCUT2D eigenvalue weighted by Gasteiger charge is 2.45. The Labute approximate surface area is 198 Å². The molecule has 1 aliphatic heterocycles. The molecule has 1 aromatic carbocycles. The number of esters is 2. The van der Waals surface area contributed by atoms with Gasteiger partial charge in [0.2, 0.25) is 11.9 Å². The van der Waals surface area contributed by atoms with E-state index in [1.807, 2.05) is 6.07 Å². The minimum absolute atomic E-state index is 0.00246. The first-order chi connectivity index (χ1) is 15.9. The largest absolute Gasteiger partial charge is 0.467 e. The standard InChI is InChI=1S/C23H31N3O8/c1-15(24-22(31)33-14-16-9-7-6-8-10-16)19(28)26-12-11-25(13-17(27)34-23(2,3)4)20(29)18(26)21(30)32-5/h6-10,15,18H,11-14H2,1-5H3,(H,24,31)/t15-,18-/m0/s1. The summed E-state index contributed by atoms with van der Waals surface area (Å²) in [7, 11) is 1.09. The van der Waals surface area contributed by atoms with E-state index in [4.69, 9.17) is 14.2 Å². The molecule has 2 atom stereocenters. The zero-order valence-corrected chi connectivity index (χ0v) is 20.0. The third-order valence-corrected chi connectivity index (χ3v) is 4.83. The van der Waals surface area contributed by atoms with Gasteiger partial charge in [0.05, 0.1) is 7.11 Å². The zero-order chi connectivity index (χ0) is 25.5. The summed E-state index contributed by atoms with van der Waals surface area (Å²) >= 11 is 0. The summed E-state index contributed by atoms with van der Waals surface area (Å²) in [6.45, 7) is 6.10. The highest BCUT2D eigenvalue weighted by atomic mass is 16.6. The molecular formula is C23H31N3O8. The van der Waals surface area contributed by atoms with E-state index in [1.165, 1.54) is 6.92 Å². The maximum absolute atomic E-state index is 13.0. The SMILES string of the molecule is COC(=O)[C@@H]1C(=O)N(CC(=O)OC(C)(C)C)CCN1C(=O)[C@H](C)NC(=O)OCc1ccccc1. The number of piperazine rings is 1. The van der Waals surface area contributed by atoms with Gasteiger partial charge in [-0.2, -0.15) is 0 Å². The minimum atomic E-state index is -1.58. The molecule has 0 spiro atoms. The topological polar surface area (TPSA) is 132 Å². The predicted octanol–water partition coefficient (Wildman–Crippen LogP) is 0.855. The number of nitrogens with zero attached hydrogens (tertiary/aromatic N) is 2. The van der Waals surface area contributed by atoms with Gasteiger partial charge in [0.1, 0.15) is 24.8 Å². The molecule has 0 bridgehead atoms. The summed E-state index contributed by atoms with van der Waals surface area (Å²) in [4.78, 5) is 64.8. The maximum Gasteiger partial charge on any atom is 0.408 e. The van der Waals surface area contributed by atoms with Crippen molar-refractivity contribution in [1.82, 2.24) is 15.1 Å². The van der Waals surface area contributed by atoms with E-state index in [0.717, 1.165) is 22.5 Å². The van der Waals surface area contributed by atoms with Crippen molar-refractivity contribution in [3.05, 3.63) is 35.9 Å². The summed E-state index contributed by atoms with van der Waals surface area (Å²) in [6.07, 6.45) is -0.825. The number of alkyl carbamates (subject to hydrolysis) is 1. The highest BCUT2D eigenvalue weighted by molar-refractivity contribution is 6.06. The Morgan fingerprint density at radius 3 is 2.35 bits per heavy atom. The first-order valence-corrected chi connectivity index (χ1v) is 10.8. The van der Waals surface area contributed by atoms with Gasteiger partial charge in [0.15, 0.2) is 0 Å². The van der Waals surface area contributed by atoms with Gasteiger partial charge in [0.25, 0.3) is 5.91 Å². The molecule has 186 valence electrons. The summed E-state index contributed by atoms with van der Waals surface area (Å²) in [5, 5.41) is 2.41. The maximum atomic E-state index is 13.0. The number of benzene rings is 1. The Morgan fingerprint density at radius 1 is 1.12 bits per heavy atom. The Balaban J connectivity index is 2.02. The number of carbonyl (C=O) groups is 5. The lowest BCUT2D eigenvalue weighted by molar-refractivity contribution is -0.170. The fourth-order valence-electron chi connectivity index (χ4n) is 3.29. The first-order valence-electron chi connectivity index (χ1n) is 10.8. The lowest BCUT2D eigenvalue weighted by Crippen LogP contribution is -2.65.